The fraction of sp³-hybridized carbons (Fsp3) is 0.941. The van der Waals surface area contributed by atoms with E-state index in [0.717, 1.165) is 58.0 Å². The number of carbonyl (C=O) groups is 1. The van der Waals surface area contributed by atoms with Gasteiger partial charge in [0.25, 0.3) is 0 Å². The van der Waals surface area contributed by atoms with Gasteiger partial charge in [-0.2, -0.15) is 11.8 Å². The standard InChI is InChI=1S/C17H28O3S/c1-13-2-5-17(6-3-13,15(18)19)14-4-9-20-16(12-14)7-10-21-11-8-16/h13-14H,2-12H2,1H3,(H,18,19). The van der Waals surface area contributed by atoms with Crippen molar-refractivity contribution in [2.45, 2.75) is 63.9 Å². The molecule has 0 bridgehead atoms. The van der Waals surface area contributed by atoms with Crippen LogP contribution in [0.1, 0.15) is 58.3 Å². The van der Waals surface area contributed by atoms with E-state index < -0.39 is 11.4 Å². The van der Waals surface area contributed by atoms with E-state index in [9.17, 15) is 9.90 Å². The molecule has 1 aliphatic carbocycles. The number of hydrogen-bond acceptors (Lipinski definition) is 3. The molecular formula is C17H28O3S. The zero-order chi connectivity index (χ0) is 14.9. The second-order valence-corrected chi connectivity index (χ2v) is 8.70. The maximum atomic E-state index is 12.1. The molecule has 2 aliphatic heterocycles. The lowest BCUT2D eigenvalue weighted by atomic mass is 9.59. The van der Waals surface area contributed by atoms with Crippen molar-refractivity contribution in [2.24, 2.45) is 17.3 Å². The van der Waals surface area contributed by atoms with Gasteiger partial charge in [-0.05, 0) is 74.7 Å². The van der Waals surface area contributed by atoms with E-state index in [2.05, 4.69) is 6.92 Å². The first-order valence-electron chi connectivity index (χ1n) is 8.51. The lowest BCUT2D eigenvalue weighted by Crippen LogP contribution is -2.50. The minimum absolute atomic E-state index is 0.000318. The summed E-state index contributed by atoms with van der Waals surface area (Å²) in [6, 6.07) is 0. The molecule has 1 N–H and O–H groups in total. The Kier molecular flexibility index (Phi) is 4.56. The number of rotatable bonds is 2. The van der Waals surface area contributed by atoms with Crippen LogP contribution in [-0.4, -0.2) is 34.8 Å². The highest BCUT2D eigenvalue weighted by molar-refractivity contribution is 7.99. The topological polar surface area (TPSA) is 46.5 Å². The Morgan fingerprint density at radius 1 is 1.14 bits per heavy atom. The van der Waals surface area contributed by atoms with Crippen LogP contribution in [0.25, 0.3) is 0 Å². The fourth-order valence-electron chi connectivity index (χ4n) is 4.67. The third-order valence-corrected chi connectivity index (χ3v) is 7.26. The summed E-state index contributed by atoms with van der Waals surface area (Å²) in [6.45, 7) is 3.02. The van der Waals surface area contributed by atoms with Crippen molar-refractivity contribution >= 4 is 17.7 Å². The molecule has 3 nitrogen and oxygen atoms in total. The van der Waals surface area contributed by atoms with Gasteiger partial charge in [0.15, 0.2) is 0 Å². The van der Waals surface area contributed by atoms with Gasteiger partial charge >= 0.3 is 5.97 Å². The van der Waals surface area contributed by atoms with Gasteiger partial charge in [0, 0.05) is 6.61 Å². The number of hydrogen-bond donors (Lipinski definition) is 1. The molecule has 1 atom stereocenters. The molecule has 3 fully saturated rings. The molecule has 3 rings (SSSR count). The van der Waals surface area contributed by atoms with Gasteiger partial charge in [0.1, 0.15) is 0 Å². The lowest BCUT2D eigenvalue weighted by Gasteiger charge is -2.50. The molecule has 0 amide bonds. The molecule has 3 aliphatic rings. The molecule has 2 saturated heterocycles. The molecule has 0 aromatic heterocycles. The quantitative estimate of drug-likeness (QED) is 0.838. The van der Waals surface area contributed by atoms with Crippen molar-refractivity contribution in [3.63, 3.8) is 0 Å². The Labute approximate surface area is 132 Å². The normalized spacial score (nSPS) is 40.0. The largest absolute Gasteiger partial charge is 0.481 e. The van der Waals surface area contributed by atoms with Gasteiger partial charge in [-0.1, -0.05) is 6.92 Å². The van der Waals surface area contributed by atoms with Crippen LogP contribution in [0.3, 0.4) is 0 Å². The van der Waals surface area contributed by atoms with E-state index in [4.69, 9.17) is 4.74 Å². The zero-order valence-electron chi connectivity index (χ0n) is 13.1. The Hall–Kier alpha value is -0.220. The molecular weight excluding hydrogens is 284 g/mol. The van der Waals surface area contributed by atoms with E-state index in [1.807, 2.05) is 11.8 Å². The number of carboxylic acids is 1. The predicted molar refractivity (Wildman–Crippen MR) is 85.7 cm³/mol. The van der Waals surface area contributed by atoms with Crippen molar-refractivity contribution in [3.05, 3.63) is 0 Å². The second kappa shape index (κ2) is 6.11. The van der Waals surface area contributed by atoms with Crippen LogP contribution in [0.5, 0.6) is 0 Å². The monoisotopic (exact) mass is 312 g/mol. The minimum Gasteiger partial charge on any atom is -0.481 e. The highest BCUT2D eigenvalue weighted by Gasteiger charge is 2.52. The van der Waals surface area contributed by atoms with Crippen molar-refractivity contribution in [1.82, 2.24) is 0 Å². The second-order valence-electron chi connectivity index (χ2n) is 7.48. The summed E-state index contributed by atoms with van der Waals surface area (Å²) < 4.78 is 6.17. The Morgan fingerprint density at radius 2 is 1.81 bits per heavy atom. The number of aliphatic carboxylic acids is 1. The summed E-state index contributed by atoms with van der Waals surface area (Å²) in [5.74, 6) is 2.81. The predicted octanol–water partition coefficient (Wildman–Crippen LogP) is 3.96. The highest BCUT2D eigenvalue weighted by Crippen LogP contribution is 2.52. The van der Waals surface area contributed by atoms with Crippen LogP contribution < -0.4 is 0 Å². The summed E-state index contributed by atoms with van der Waals surface area (Å²) in [4.78, 5) is 12.1. The first-order chi connectivity index (χ1) is 10.1. The van der Waals surface area contributed by atoms with Crippen LogP contribution in [0.15, 0.2) is 0 Å². The summed E-state index contributed by atoms with van der Waals surface area (Å²) in [7, 11) is 0. The molecule has 2 heterocycles. The van der Waals surface area contributed by atoms with E-state index in [1.54, 1.807) is 0 Å². The summed E-state index contributed by atoms with van der Waals surface area (Å²) in [5, 5.41) is 9.97. The van der Waals surface area contributed by atoms with Gasteiger partial charge in [0.05, 0.1) is 11.0 Å². The molecule has 4 heteroatoms. The van der Waals surface area contributed by atoms with Crippen molar-refractivity contribution in [1.29, 1.82) is 0 Å². The van der Waals surface area contributed by atoms with Gasteiger partial charge in [-0.25, -0.2) is 0 Å². The van der Waals surface area contributed by atoms with Crippen LogP contribution in [-0.2, 0) is 9.53 Å². The highest BCUT2D eigenvalue weighted by atomic mass is 32.2. The number of ether oxygens (including phenoxy) is 1. The molecule has 120 valence electrons. The maximum absolute atomic E-state index is 12.1. The van der Waals surface area contributed by atoms with Gasteiger partial charge < -0.3 is 9.84 Å². The zero-order valence-corrected chi connectivity index (χ0v) is 13.9. The average molecular weight is 312 g/mol. The molecule has 1 unspecified atom stereocenters. The molecule has 0 aromatic rings. The SMILES string of the molecule is CC1CCC(C(=O)O)(C2CCOC3(CCSCC3)C2)CC1. The number of carboxylic acid groups (broad SMARTS) is 1. The molecule has 0 radical (unpaired) electrons. The summed E-state index contributed by atoms with van der Waals surface area (Å²) in [5.41, 5.74) is -0.465. The first-order valence-corrected chi connectivity index (χ1v) is 9.67. The van der Waals surface area contributed by atoms with E-state index >= 15 is 0 Å². The first kappa shape index (κ1) is 15.7. The van der Waals surface area contributed by atoms with Crippen LogP contribution in [0.2, 0.25) is 0 Å². The minimum atomic E-state index is -0.540. The molecule has 1 saturated carbocycles. The van der Waals surface area contributed by atoms with Gasteiger partial charge in [-0.3, -0.25) is 4.79 Å². The Bertz CT molecular complexity index is 376. The van der Waals surface area contributed by atoms with Gasteiger partial charge in [0.2, 0.25) is 0 Å². The molecule has 21 heavy (non-hydrogen) atoms. The third kappa shape index (κ3) is 2.98. The van der Waals surface area contributed by atoms with Crippen LogP contribution in [0.4, 0.5) is 0 Å². The van der Waals surface area contributed by atoms with Crippen LogP contribution in [0, 0.1) is 17.3 Å². The molecule has 0 aromatic carbocycles. The maximum Gasteiger partial charge on any atom is 0.309 e. The van der Waals surface area contributed by atoms with Gasteiger partial charge in [-0.15, -0.1) is 0 Å². The van der Waals surface area contributed by atoms with Crippen molar-refractivity contribution in [3.8, 4) is 0 Å². The summed E-state index contributed by atoms with van der Waals surface area (Å²) in [6.07, 6.45) is 8.04. The third-order valence-electron chi connectivity index (χ3n) is 6.27. The Morgan fingerprint density at radius 3 is 2.43 bits per heavy atom. The Balaban J connectivity index is 1.78. The van der Waals surface area contributed by atoms with E-state index in [-0.39, 0.29) is 5.60 Å². The lowest BCUT2D eigenvalue weighted by molar-refractivity contribution is -0.169. The van der Waals surface area contributed by atoms with Crippen molar-refractivity contribution in [2.75, 3.05) is 18.1 Å². The number of thioether (sulfide) groups is 1. The van der Waals surface area contributed by atoms with E-state index in [0.29, 0.717) is 11.8 Å². The van der Waals surface area contributed by atoms with Crippen molar-refractivity contribution < 1.29 is 14.6 Å². The fourth-order valence-corrected chi connectivity index (χ4v) is 5.90. The molecule has 1 spiro atoms. The van der Waals surface area contributed by atoms with E-state index in [1.165, 1.54) is 11.5 Å². The smallest absolute Gasteiger partial charge is 0.309 e. The summed E-state index contributed by atoms with van der Waals surface area (Å²) >= 11 is 2.01. The average Bonchev–Trinajstić information content (AvgIpc) is 2.49. The van der Waals surface area contributed by atoms with Crippen LogP contribution >= 0.6 is 11.8 Å².